The third kappa shape index (κ3) is 3.34. The maximum absolute atomic E-state index is 11.3. The summed E-state index contributed by atoms with van der Waals surface area (Å²) in [6.07, 6.45) is 0. The molecule has 6 heteroatoms. The van der Waals surface area contributed by atoms with E-state index >= 15 is 0 Å². The molecule has 0 amide bonds. The fraction of sp³-hybridized carbons (Fsp3) is 0.231. The Labute approximate surface area is 117 Å². The van der Waals surface area contributed by atoms with Crippen LogP contribution in [0.25, 0.3) is 0 Å². The molecule has 4 nitrogen and oxygen atoms in total. The smallest absolute Gasteiger partial charge is 0.238 e. The monoisotopic (exact) mass is 296 g/mol. The zero-order valence-corrected chi connectivity index (χ0v) is 12.4. The zero-order valence-electron chi connectivity index (χ0n) is 10.8. The standard InChI is InChI=1S/C13H16N2O2S2/c1-9-6-7-18-13(9)10(2)15-11-4-3-5-12(8-11)19(14,16)17/h3-8,10,15H,1-2H3,(H2,14,16,17). The number of rotatable bonds is 4. The highest BCUT2D eigenvalue weighted by Gasteiger charge is 2.12. The van der Waals surface area contributed by atoms with Gasteiger partial charge in [0, 0.05) is 10.6 Å². The number of hydrogen-bond acceptors (Lipinski definition) is 4. The number of aryl methyl sites for hydroxylation is 1. The average molecular weight is 296 g/mol. The summed E-state index contributed by atoms with van der Waals surface area (Å²) in [5.74, 6) is 0. The van der Waals surface area contributed by atoms with Crippen LogP contribution in [0.2, 0.25) is 0 Å². The van der Waals surface area contributed by atoms with E-state index in [1.54, 1.807) is 23.5 Å². The molecule has 0 saturated carbocycles. The lowest BCUT2D eigenvalue weighted by Gasteiger charge is -2.15. The Kier molecular flexibility index (Phi) is 3.93. The summed E-state index contributed by atoms with van der Waals surface area (Å²) < 4.78 is 22.6. The van der Waals surface area contributed by atoms with Crippen LogP contribution in [0.15, 0.2) is 40.6 Å². The minimum Gasteiger partial charge on any atom is -0.378 e. The molecule has 0 fully saturated rings. The van der Waals surface area contributed by atoms with Crippen LogP contribution >= 0.6 is 11.3 Å². The molecule has 19 heavy (non-hydrogen) atoms. The van der Waals surface area contributed by atoms with Crippen LogP contribution in [0.1, 0.15) is 23.4 Å². The van der Waals surface area contributed by atoms with Gasteiger partial charge >= 0.3 is 0 Å². The molecule has 1 heterocycles. The normalized spacial score (nSPS) is 13.2. The summed E-state index contributed by atoms with van der Waals surface area (Å²) in [5, 5.41) is 10.5. The van der Waals surface area contributed by atoms with Gasteiger partial charge < -0.3 is 5.32 Å². The van der Waals surface area contributed by atoms with Crippen LogP contribution in [-0.4, -0.2) is 8.42 Å². The lowest BCUT2D eigenvalue weighted by atomic mass is 10.2. The first kappa shape index (κ1) is 14.0. The highest BCUT2D eigenvalue weighted by atomic mass is 32.2. The molecule has 0 aliphatic heterocycles. The van der Waals surface area contributed by atoms with Gasteiger partial charge in [0.25, 0.3) is 0 Å². The van der Waals surface area contributed by atoms with Gasteiger partial charge in [-0.1, -0.05) is 6.07 Å². The van der Waals surface area contributed by atoms with Crippen LogP contribution < -0.4 is 10.5 Å². The fourth-order valence-electron chi connectivity index (χ4n) is 1.91. The van der Waals surface area contributed by atoms with Crippen molar-refractivity contribution in [3.8, 4) is 0 Å². The van der Waals surface area contributed by atoms with E-state index in [1.807, 2.05) is 18.4 Å². The quantitative estimate of drug-likeness (QED) is 0.911. The molecule has 2 rings (SSSR count). The minimum absolute atomic E-state index is 0.118. The Hall–Kier alpha value is -1.37. The third-order valence-corrected chi connectivity index (χ3v) is 4.95. The lowest BCUT2D eigenvalue weighted by molar-refractivity contribution is 0.598. The van der Waals surface area contributed by atoms with Crippen molar-refractivity contribution in [2.45, 2.75) is 24.8 Å². The van der Waals surface area contributed by atoms with Gasteiger partial charge in [-0.05, 0) is 49.1 Å². The van der Waals surface area contributed by atoms with Crippen LogP contribution in [0, 0.1) is 6.92 Å². The van der Waals surface area contributed by atoms with E-state index in [0.29, 0.717) is 0 Å². The predicted molar refractivity (Wildman–Crippen MR) is 78.9 cm³/mol. The summed E-state index contributed by atoms with van der Waals surface area (Å²) in [6.45, 7) is 4.10. The molecule has 0 aliphatic carbocycles. The van der Waals surface area contributed by atoms with E-state index < -0.39 is 10.0 Å². The Morgan fingerprint density at radius 3 is 2.63 bits per heavy atom. The van der Waals surface area contributed by atoms with E-state index in [0.717, 1.165) is 5.69 Å². The first-order chi connectivity index (χ1) is 8.88. The lowest BCUT2D eigenvalue weighted by Crippen LogP contribution is -2.13. The molecule has 3 N–H and O–H groups in total. The number of benzene rings is 1. The molecule has 1 unspecified atom stereocenters. The Bertz CT molecular complexity index is 677. The second kappa shape index (κ2) is 5.32. The zero-order chi connectivity index (χ0) is 14.0. The number of thiophene rings is 1. The van der Waals surface area contributed by atoms with Crippen LogP contribution in [0.3, 0.4) is 0 Å². The summed E-state index contributed by atoms with van der Waals surface area (Å²) in [6, 6.07) is 8.73. The van der Waals surface area contributed by atoms with E-state index in [-0.39, 0.29) is 10.9 Å². The molecular weight excluding hydrogens is 280 g/mol. The number of hydrogen-bond donors (Lipinski definition) is 2. The van der Waals surface area contributed by atoms with Crippen molar-refractivity contribution >= 4 is 27.0 Å². The van der Waals surface area contributed by atoms with Crippen LogP contribution in [0.4, 0.5) is 5.69 Å². The molecule has 0 bridgehead atoms. The van der Waals surface area contributed by atoms with Crippen LogP contribution in [-0.2, 0) is 10.0 Å². The molecule has 0 saturated heterocycles. The van der Waals surface area contributed by atoms with Gasteiger partial charge in [0.05, 0.1) is 10.9 Å². The number of nitrogens with one attached hydrogen (secondary N) is 1. The molecule has 0 spiro atoms. The number of anilines is 1. The van der Waals surface area contributed by atoms with Crippen molar-refractivity contribution < 1.29 is 8.42 Å². The molecular formula is C13H16N2O2S2. The minimum atomic E-state index is -3.66. The molecule has 0 aliphatic rings. The topological polar surface area (TPSA) is 72.2 Å². The Morgan fingerprint density at radius 2 is 2.05 bits per heavy atom. The second-order valence-corrected chi connectivity index (χ2v) is 6.92. The number of sulfonamides is 1. The average Bonchev–Trinajstić information content (AvgIpc) is 2.75. The first-order valence-corrected chi connectivity index (χ1v) is 8.24. The van der Waals surface area contributed by atoms with Crippen LogP contribution in [0.5, 0.6) is 0 Å². The first-order valence-electron chi connectivity index (χ1n) is 5.81. The van der Waals surface area contributed by atoms with Crippen molar-refractivity contribution in [2.75, 3.05) is 5.32 Å². The summed E-state index contributed by atoms with van der Waals surface area (Å²) in [5.41, 5.74) is 1.97. The maximum atomic E-state index is 11.3. The number of nitrogens with two attached hydrogens (primary N) is 1. The molecule has 1 aromatic heterocycles. The largest absolute Gasteiger partial charge is 0.378 e. The molecule has 1 aromatic carbocycles. The van der Waals surface area contributed by atoms with Gasteiger partial charge in [-0.3, -0.25) is 0 Å². The van der Waals surface area contributed by atoms with E-state index in [4.69, 9.17) is 5.14 Å². The van der Waals surface area contributed by atoms with Gasteiger partial charge in [-0.25, -0.2) is 13.6 Å². The fourth-order valence-corrected chi connectivity index (χ4v) is 3.40. The maximum Gasteiger partial charge on any atom is 0.238 e. The number of primary sulfonamides is 1. The summed E-state index contributed by atoms with van der Waals surface area (Å²) in [4.78, 5) is 1.36. The SMILES string of the molecule is Cc1ccsc1C(C)Nc1cccc(S(N)(=O)=O)c1. The molecule has 2 aromatic rings. The highest BCUT2D eigenvalue weighted by Crippen LogP contribution is 2.27. The van der Waals surface area contributed by atoms with Crippen molar-refractivity contribution in [3.05, 3.63) is 46.2 Å². The van der Waals surface area contributed by atoms with E-state index in [2.05, 4.69) is 18.3 Å². The van der Waals surface area contributed by atoms with Gasteiger partial charge in [0.15, 0.2) is 0 Å². The Balaban J connectivity index is 2.23. The van der Waals surface area contributed by atoms with Gasteiger partial charge in [-0.2, -0.15) is 0 Å². The van der Waals surface area contributed by atoms with E-state index in [9.17, 15) is 8.42 Å². The predicted octanol–water partition coefficient (Wildman–Crippen LogP) is 2.88. The van der Waals surface area contributed by atoms with Crippen molar-refractivity contribution in [3.63, 3.8) is 0 Å². The molecule has 1 atom stereocenters. The highest BCUT2D eigenvalue weighted by molar-refractivity contribution is 7.89. The van der Waals surface area contributed by atoms with Gasteiger partial charge in [0.1, 0.15) is 0 Å². The summed E-state index contributed by atoms with van der Waals surface area (Å²) >= 11 is 1.68. The van der Waals surface area contributed by atoms with Gasteiger partial charge in [0.2, 0.25) is 10.0 Å². The van der Waals surface area contributed by atoms with Gasteiger partial charge in [-0.15, -0.1) is 11.3 Å². The van der Waals surface area contributed by atoms with Crippen molar-refractivity contribution in [1.29, 1.82) is 0 Å². The Morgan fingerprint density at radius 1 is 1.32 bits per heavy atom. The summed E-state index contributed by atoms with van der Waals surface area (Å²) in [7, 11) is -3.66. The molecule has 0 radical (unpaired) electrons. The third-order valence-electron chi connectivity index (χ3n) is 2.84. The second-order valence-electron chi connectivity index (χ2n) is 4.41. The molecule has 102 valence electrons. The van der Waals surface area contributed by atoms with Crippen molar-refractivity contribution in [2.24, 2.45) is 5.14 Å². The van der Waals surface area contributed by atoms with E-state index in [1.165, 1.54) is 16.5 Å². The van der Waals surface area contributed by atoms with Crippen molar-refractivity contribution in [1.82, 2.24) is 0 Å².